The number of carbonyl (C=O) groups is 1. The van der Waals surface area contributed by atoms with E-state index in [-0.39, 0.29) is 5.92 Å². The minimum atomic E-state index is -0.726. The van der Waals surface area contributed by atoms with Crippen molar-refractivity contribution < 1.29 is 9.90 Å². The summed E-state index contributed by atoms with van der Waals surface area (Å²) in [7, 11) is 0. The monoisotopic (exact) mass is 396 g/mol. The molecule has 0 radical (unpaired) electrons. The molecule has 0 fully saturated rings. The van der Waals surface area contributed by atoms with Gasteiger partial charge in [0.1, 0.15) is 0 Å². The van der Waals surface area contributed by atoms with Crippen LogP contribution in [0.2, 0.25) is 5.02 Å². The van der Waals surface area contributed by atoms with E-state index in [4.69, 9.17) is 11.6 Å². The molecule has 4 heteroatoms. The van der Waals surface area contributed by atoms with Gasteiger partial charge in [-0.15, -0.1) is 11.8 Å². The maximum absolute atomic E-state index is 11.6. The van der Waals surface area contributed by atoms with E-state index < -0.39 is 5.97 Å². The Labute approximate surface area is 169 Å². The summed E-state index contributed by atoms with van der Waals surface area (Å²) in [6.07, 6.45) is 1.39. The number of rotatable bonds is 8. The number of aryl methyl sites for hydroxylation is 1. The fourth-order valence-electron chi connectivity index (χ4n) is 2.84. The first-order valence-corrected chi connectivity index (χ1v) is 10.2. The number of thioether (sulfide) groups is 1. The van der Waals surface area contributed by atoms with Gasteiger partial charge in [-0.3, -0.25) is 4.79 Å². The molecule has 27 heavy (non-hydrogen) atoms. The first kappa shape index (κ1) is 19.5. The zero-order valence-electron chi connectivity index (χ0n) is 14.8. The van der Waals surface area contributed by atoms with E-state index >= 15 is 0 Å². The molecule has 3 aromatic carbocycles. The van der Waals surface area contributed by atoms with E-state index in [0.29, 0.717) is 12.2 Å². The third-order valence-electron chi connectivity index (χ3n) is 4.46. The predicted molar refractivity (Wildman–Crippen MR) is 114 cm³/mol. The molecule has 3 rings (SSSR count). The second kappa shape index (κ2) is 9.63. The molecule has 0 heterocycles. The summed E-state index contributed by atoms with van der Waals surface area (Å²) in [6.45, 7) is 0. The van der Waals surface area contributed by atoms with E-state index in [1.807, 2.05) is 54.6 Å². The van der Waals surface area contributed by atoms with E-state index in [9.17, 15) is 9.90 Å². The number of halogens is 1. The molecule has 0 aromatic heterocycles. The van der Waals surface area contributed by atoms with Crippen molar-refractivity contribution >= 4 is 29.3 Å². The molecule has 0 amide bonds. The highest BCUT2D eigenvalue weighted by Crippen LogP contribution is 2.25. The Kier molecular flexibility index (Phi) is 6.97. The Bertz CT molecular complexity index is 861. The second-order valence-corrected chi connectivity index (χ2v) is 7.93. The highest BCUT2D eigenvalue weighted by atomic mass is 35.5. The lowest BCUT2D eigenvalue weighted by atomic mass is 9.98. The van der Waals surface area contributed by atoms with Crippen molar-refractivity contribution in [1.82, 2.24) is 0 Å². The quantitative estimate of drug-likeness (QED) is 0.445. The predicted octanol–water partition coefficient (Wildman–Crippen LogP) is 6.43. The second-order valence-electron chi connectivity index (χ2n) is 6.40. The van der Waals surface area contributed by atoms with Crippen LogP contribution in [0.1, 0.15) is 12.0 Å². The number of hydrogen-bond donors (Lipinski definition) is 1. The van der Waals surface area contributed by atoms with Gasteiger partial charge in [0.2, 0.25) is 0 Å². The molecule has 0 bridgehead atoms. The van der Waals surface area contributed by atoms with E-state index in [1.165, 1.54) is 0 Å². The van der Waals surface area contributed by atoms with Gasteiger partial charge in [0.25, 0.3) is 0 Å². The van der Waals surface area contributed by atoms with Crippen LogP contribution in [0, 0.1) is 5.92 Å². The molecule has 0 aliphatic heterocycles. The molecule has 0 aliphatic carbocycles. The first-order chi connectivity index (χ1) is 13.1. The molecule has 0 spiro atoms. The summed E-state index contributed by atoms with van der Waals surface area (Å²) in [5, 5.41) is 10.2. The summed E-state index contributed by atoms with van der Waals surface area (Å²) < 4.78 is 0. The van der Waals surface area contributed by atoms with Gasteiger partial charge < -0.3 is 5.11 Å². The molecule has 0 saturated heterocycles. The zero-order chi connectivity index (χ0) is 19.1. The van der Waals surface area contributed by atoms with Gasteiger partial charge in [-0.05, 0) is 53.8 Å². The molecule has 0 aliphatic rings. The molecule has 1 N–H and O–H groups in total. The van der Waals surface area contributed by atoms with Gasteiger partial charge in [0, 0.05) is 15.7 Å². The molecule has 3 aromatic rings. The van der Waals surface area contributed by atoms with Crippen LogP contribution in [0.15, 0.2) is 83.8 Å². The Morgan fingerprint density at radius 2 is 1.48 bits per heavy atom. The van der Waals surface area contributed by atoms with Gasteiger partial charge >= 0.3 is 5.97 Å². The zero-order valence-corrected chi connectivity index (χ0v) is 16.4. The highest BCUT2D eigenvalue weighted by Gasteiger charge is 2.17. The molecule has 1 atom stereocenters. The van der Waals surface area contributed by atoms with Crippen LogP contribution >= 0.6 is 23.4 Å². The fourth-order valence-corrected chi connectivity index (χ4v) is 4.02. The number of carboxylic acids is 1. The summed E-state index contributed by atoms with van der Waals surface area (Å²) >= 11 is 7.54. The van der Waals surface area contributed by atoms with Crippen molar-refractivity contribution in [3.63, 3.8) is 0 Å². The number of benzene rings is 3. The smallest absolute Gasteiger partial charge is 0.307 e. The number of carboxylic acid groups (broad SMARTS) is 1. The minimum Gasteiger partial charge on any atom is -0.481 e. The minimum absolute atomic E-state index is 0.355. The summed E-state index contributed by atoms with van der Waals surface area (Å²) in [4.78, 5) is 12.7. The standard InChI is InChI=1S/C23H21ClO2S/c24-21-14-12-19(13-15-21)18-9-6-17(7-10-18)8-11-20(23(25)26)16-27-22-4-2-1-3-5-22/h1-7,9-10,12-15,20H,8,11,16H2,(H,25,26)/t20-/m1/s1. The van der Waals surface area contributed by atoms with Crippen LogP contribution in [0.5, 0.6) is 0 Å². The van der Waals surface area contributed by atoms with Crippen molar-refractivity contribution in [2.75, 3.05) is 5.75 Å². The fraction of sp³-hybridized carbons (Fsp3) is 0.174. The van der Waals surface area contributed by atoms with Crippen LogP contribution in [-0.2, 0) is 11.2 Å². The van der Waals surface area contributed by atoms with Gasteiger partial charge in [-0.2, -0.15) is 0 Å². The molecule has 0 saturated carbocycles. The van der Waals surface area contributed by atoms with Crippen molar-refractivity contribution in [2.45, 2.75) is 17.7 Å². The lowest BCUT2D eigenvalue weighted by Gasteiger charge is -2.12. The van der Waals surface area contributed by atoms with Crippen molar-refractivity contribution in [3.05, 3.63) is 89.4 Å². The normalized spacial score (nSPS) is 11.9. The maximum Gasteiger partial charge on any atom is 0.307 e. The lowest BCUT2D eigenvalue weighted by molar-refractivity contribution is -0.141. The Morgan fingerprint density at radius 1 is 0.889 bits per heavy atom. The first-order valence-electron chi connectivity index (χ1n) is 8.87. The Hall–Kier alpha value is -2.23. The average Bonchev–Trinajstić information content (AvgIpc) is 2.69. The Balaban J connectivity index is 1.57. The van der Waals surface area contributed by atoms with Gasteiger partial charge in [0.15, 0.2) is 0 Å². The van der Waals surface area contributed by atoms with Gasteiger partial charge in [0.05, 0.1) is 5.92 Å². The van der Waals surface area contributed by atoms with Crippen LogP contribution in [0.3, 0.4) is 0 Å². The van der Waals surface area contributed by atoms with Crippen LogP contribution in [0.25, 0.3) is 11.1 Å². The van der Waals surface area contributed by atoms with Gasteiger partial charge in [-0.1, -0.05) is 66.2 Å². The molecule has 0 unspecified atom stereocenters. The molecular weight excluding hydrogens is 376 g/mol. The van der Waals surface area contributed by atoms with E-state index in [1.54, 1.807) is 11.8 Å². The topological polar surface area (TPSA) is 37.3 Å². The summed E-state index contributed by atoms with van der Waals surface area (Å²) in [5.74, 6) is -0.496. The van der Waals surface area contributed by atoms with E-state index in [0.717, 1.165) is 33.0 Å². The SMILES string of the molecule is O=C(O)[C@H](CCc1ccc(-c2ccc(Cl)cc2)cc1)CSc1ccccc1. The van der Waals surface area contributed by atoms with Crippen molar-refractivity contribution in [1.29, 1.82) is 0 Å². The van der Waals surface area contributed by atoms with Crippen LogP contribution in [-0.4, -0.2) is 16.8 Å². The largest absolute Gasteiger partial charge is 0.481 e. The highest BCUT2D eigenvalue weighted by molar-refractivity contribution is 7.99. The molecule has 138 valence electrons. The maximum atomic E-state index is 11.6. The molecular formula is C23H21ClO2S. The third-order valence-corrected chi connectivity index (χ3v) is 5.88. The van der Waals surface area contributed by atoms with E-state index in [2.05, 4.69) is 24.3 Å². The van der Waals surface area contributed by atoms with Crippen LogP contribution < -0.4 is 0 Å². The van der Waals surface area contributed by atoms with Gasteiger partial charge in [-0.25, -0.2) is 0 Å². The molecule has 2 nitrogen and oxygen atoms in total. The summed E-state index contributed by atoms with van der Waals surface area (Å²) in [6, 6.07) is 26.0. The Morgan fingerprint density at radius 3 is 2.07 bits per heavy atom. The third kappa shape index (κ3) is 5.88. The lowest BCUT2D eigenvalue weighted by Crippen LogP contribution is -2.17. The van der Waals surface area contributed by atoms with Crippen molar-refractivity contribution in [3.8, 4) is 11.1 Å². The number of aliphatic carboxylic acids is 1. The summed E-state index contributed by atoms with van der Waals surface area (Å²) in [5.41, 5.74) is 3.40. The average molecular weight is 397 g/mol. The van der Waals surface area contributed by atoms with Crippen LogP contribution in [0.4, 0.5) is 0 Å². The number of hydrogen-bond acceptors (Lipinski definition) is 2. The van der Waals surface area contributed by atoms with Crippen molar-refractivity contribution in [2.24, 2.45) is 5.92 Å².